The van der Waals surface area contributed by atoms with E-state index in [2.05, 4.69) is 5.92 Å². The average molecular weight is 311 g/mol. The molecular weight excluding hydrogens is 303 g/mol. The van der Waals surface area contributed by atoms with Gasteiger partial charge in [0, 0.05) is 17.7 Å². The molecule has 0 heterocycles. The van der Waals surface area contributed by atoms with E-state index in [1.165, 1.54) is 18.2 Å². The number of nitrogens with one attached hydrogen (secondary N) is 1. The normalized spacial score (nSPS) is 11.0. The Morgan fingerprint density at radius 1 is 1.05 bits per heavy atom. The van der Waals surface area contributed by atoms with Crippen molar-refractivity contribution < 1.29 is 21.6 Å². The van der Waals surface area contributed by atoms with Crippen molar-refractivity contribution in [2.45, 2.75) is 4.90 Å². The van der Waals surface area contributed by atoms with E-state index in [0.29, 0.717) is 5.56 Å². The lowest BCUT2D eigenvalue weighted by molar-refractivity contribution is 0.498. The third-order valence-electron chi connectivity index (χ3n) is 2.51. The first-order chi connectivity index (χ1) is 9.83. The second-order valence-corrected chi connectivity index (χ2v) is 5.65. The molecule has 3 nitrogen and oxygen atoms in total. The molecule has 0 amide bonds. The quantitative estimate of drug-likeness (QED) is 0.886. The Hall–Kier alpha value is -2.46. The van der Waals surface area contributed by atoms with Gasteiger partial charge in [-0.1, -0.05) is 12.0 Å². The molecule has 0 radical (unpaired) electrons. The van der Waals surface area contributed by atoms with E-state index in [1.54, 1.807) is 6.07 Å². The average Bonchev–Trinajstić information content (AvgIpc) is 2.36. The van der Waals surface area contributed by atoms with Gasteiger partial charge in [0.2, 0.25) is 0 Å². The predicted octanol–water partition coefficient (Wildman–Crippen LogP) is 2.89. The topological polar surface area (TPSA) is 46.2 Å². The molecule has 7 heteroatoms. The standard InChI is InChI=1S/C14H8F3NO2S/c1-2-9-4-3-5-11(6-9)18-21(19,20)14-12(16)7-10(15)8-13(14)17/h1,3-8,18H. The van der Waals surface area contributed by atoms with Gasteiger partial charge in [0.25, 0.3) is 10.0 Å². The molecule has 21 heavy (non-hydrogen) atoms. The zero-order valence-electron chi connectivity index (χ0n) is 10.4. The lowest BCUT2D eigenvalue weighted by Crippen LogP contribution is -2.16. The van der Waals surface area contributed by atoms with Crippen molar-refractivity contribution in [1.29, 1.82) is 0 Å². The minimum Gasteiger partial charge on any atom is -0.279 e. The van der Waals surface area contributed by atoms with Crippen LogP contribution in [-0.2, 0) is 10.0 Å². The first-order valence-electron chi connectivity index (χ1n) is 5.57. The van der Waals surface area contributed by atoms with E-state index in [4.69, 9.17) is 6.42 Å². The van der Waals surface area contributed by atoms with Crippen LogP contribution in [0.5, 0.6) is 0 Å². The molecule has 2 aromatic carbocycles. The van der Waals surface area contributed by atoms with Gasteiger partial charge in [-0.3, -0.25) is 4.72 Å². The van der Waals surface area contributed by atoms with Crippen molar-refractivity contribution in [3.63, 3.8) is 0 Å². The Kier molecular flexibility index (Phi) is 3.91. The van der Waals surface area contributed by atoms with Crippen molar-refractivity contribution in [2.24, 2.45) is 0 Å². The maximum absolute atomic E-state index is 13.5. The highest BCUT2D eigenvalue weighted by Gasteiger charge is 2.25. The molecule has 2 rings (SSSR count). The molecule has 0 aliphatic heterocycles. The Labute approximate surface area is 119 Å². The molecule has 0 bridgehead atoms. The molecule has 0 aliphatic rings. The third kappa shape index (κ3) is 3.17. The molecule has 2 aromatic rings. The zero-order chi connectivity index (χ0) is 15.6. The van der Waals surface area contributed by atoms with Crippen molar-refractivity contribution in [1.82, 2.24) is 0 Å². The highest BCUT2D eigenvalue weighted by Crippen LogP contribution is 2.23. The monoisotopic (exact) mass is 311 g/mol. The van der Waals surface area contributed by atoms with Crippen LogP contribution in [0.25, 0.3) is 0 Å². The molecule has 0 unspecified atom stereocenters. The van der Waals surface area contributed by atoms with E-state index in [0.717, 1.165) is 0 Å². The molecular formula is C14H8F3NO2S. The Balaban J connectivity index is 2.46. The van der Waals surface area contributed by atoms with Crippen LogP contribution >= 0.6 is 0 Å². The van der Waals surface area contributed by atoms with E-state index in [1.807, 2.05) is 4.72 Å². The fourth-order valence-electron chi connectivity index (χ4n) is 1.66. The summed E-state index contributed by atoms with van der Waals surface area (Å²) in [6.07, 6.45) is 5.17. The van der Waals surface area contributed by atoms with E-state index >= 15 is 0 Å². The number of sulfonamides is 1. The van der Waals surface area contributed by atoms with E-state index in [-0.39, 0.29) is 17.8 Å². The van der Waals surface area contributed by atoms with Crippen molar-refractivity contribution in [3.05, 3.63) is 59.4 Å². The lowest BCUT2D eigenvalue weighted by atomic mass is 10.2. The Morgan fingerprint density at radius 3 is 2.24 bits per heavy atom. The molecule has 0 saturated carbocycles. The fraction of sp³-hybridized carbons (Fsp3) is 0. The zero-order valence-corrected chi connectivity index (χ0v) is 11.2. The maximum atomic E-state index is 13.5. The number of terminal acetylenes is 1. The van der Waals surface area contributed by atoms with Crippen LogP contribution in [0.1, 0.15) is 5.56 Å². The molecule has 0 spiro atoms. The highest BCUT2D eigenvalue weighted by molar-refractivity contribution is 7.92. The SMILES string of the molecule is C#Cc1cccc(NS(=O)(=O)c2c(F)cc(F)cc2F)c1. The summed E-state index contributed by atoms with van der Waals surface area (Å²) in [5.41, 5.74) is 0.420. The number of hydrogen-bond acceptors (Lipinski definition) is 2. The van der Waals surface area contributed by atoms with Crippen molar-refractivity contribution in [2.75, 3.05) is 4.72 Å². The molecule has 0 saturated heterocycles. The molecule has 0 fully saturated rings. The molecule has 0 aromatic heterocycles. The predicted molar refractivity (Wildman–Crippen MR) is 71.5 cm³/mol. The van der Waals surface area contributed by atoms with Crippen LogP contribution in [0.2, 0.25) is 0 Å². The molecule has 0 atom stereocenters. The molecule has 1 N–H and O–H groups in total. The summed E-state index contributed by atoms with van der Waals surface area (Å²) in [5, 5.41) is 0. The largest absolute Gasteiger partial charge is 0.279 e. The summed E-state index contributed by atoms with van der Waals surface area (Å²) >= 11 is 0. The van der Waals surface area contributed by atoms with Gasteiger partial charge in [-0.2, -0.15) is 0 Å². The summed E-state index contributed by atoms with van der Waals surface area (Å²) in [6.45, 7) is 0. The van der Waals surface area contributed by atoms with Crippen molar-refractivity contribution in [3.8, 4) is 12.3 Å². The summed E-state index contributed by atoms with van der Waals surface area (Å²) < 4.78 is 65.8. The maximum Gasteiger partial charge on any atom is 0.267 e. The second-order valence-electron chi connectivity index (χ2n) is 4.03. The van der Waals surface area contributed by atoms with Crippen LogP contribution in [0.15, 0.2) is 41.3 Å². The van der Waals surface area contributed by atoms with E-state index in [9.17, 15) is 21.6 Å². The van der Waals surface area contributed by atoms with Gasteiger partial charge < -0.3 is 0 Å². The van der Waals surface area contributed by atoms with Gasteiger partial charge in [0.15, 0.2) is 4.90 Å². The molecule has 108 valence electrons. The number of rotatable bonds is 3. The van der Waals surface area contributed by atoms with Crippen LogP contribution < -0.4 is 4.72 Å². The highest BCUT2D eigenvalue weighted by atomic mass is 32.2. The Bertz CT molecular complexity index is 819. The Morgan fingerprint density at radius 2 is 1.67 bits per heavy atom. The number of benzene rings is 2. The summed E-state index contributed by atoms with van der Waals surface area (Å²) in [7, 11) is -4.55. The van der Waals surface area contributed by atoms with Gasteiger partial charge in [0.1, 0.15) is 17.5 Å². The van der Waals surface area contributed by atoms with Gasteiger partial charge in [-0.15, -0.1) is 6.42 Å². The fourth-order valence-corrected chi connectivity index (χ4v) is 2.83. The summed E-state index contributed by atoms with van der Waals surface area (Å²) in [5.74, 6) is -1.96. The minimum absolute atomic E-state index is 0.0357. The van der Waals surface area contributed by atoms with Gasteiger partial charge in [-0.05, 0) is 18.2 Å². The number of halogens is 3. The van der Waals surface area contributed by atoms with Gasteiger partial charge in [-0.25, -0.2) is 21.6 Å². The van der Waals surface area contributed by atoms with E-state index < -0.39 is 32.4 Å². The first kappa shape index (κ1) is 14.9. The van der Waals surface area contributed by atoms with Crippen LogP contribution in [-0.4, -0.2) is 8.42 Å². The second kappa shape index (κ2) is 5.50. The minimum atomic E-state index is -4.55. The van der Waals surface area contributed by atoms with Crippen LogP contribution in [0, 0.1) is 29.8 Å². The van der Waals surface area contributed by atoms with Crippen LogP contribution in [0.4, 0.5) is 18.9 Å². The summed E-state index contributed by atoms with van der Waals surface area (Å²) in [4.78, 5) is -1.25. The van der Waals surface area contributed by atoms with Crippen molar-refractivity contribution >= 4 is 15.7 Å². The smallest absolute Gasteiger partial charge is 0.267 e. The van der Waals surface area contributed by atoms with Gasteiger partial charge in [0.05, 0.1) is 5.69 Å². The van der Waals surface area contributed by atoms with Gasteiger partial charge >= 0.3 is 0 Å². The number of anilines is 1. The first-order valence-corrected chi connectivity index (χ1v) is 7.06. The van der Waals surface area contributed by atoms with Crippen LogP contribution in [0.3, 0.4) is 0 Å². The lowest BCUT2D eigenvalue weighted by Gasteiger charge is -2.10. The molecule has 0 aliphatic carbocycles. The summed E-state index contributed by atoms with van der Waals surface area (Å²) in [6, 6.07) is 6.28. The third-order valence-corrected chi connectivity index (χ3v) is 3.95. The number of hydrogen-bond donors (Lipinski definition) is 1.